The fourth-order valence-electron chi connectivity index (χ4n) is 5.46. The molecule has 1 saturated heterocycles. The van der Waals surface area contributed by atoms with Crippen LogP contribution in [0.15, 0.2) is 54.6 Å². The molecule has 2 N–H and O–H groups in total. The molecule has 0 spiro atoms. The van der Waals surface area contributed by atoms with Crippen LogP contribution in [-0.4, -0.2) is 48.4 Å². The van der Waals surface area contributed by atoms with Gasteiger partial charge >= 0.3 is 0 Å². The van der Waals surface area contributed by atoms with Crippen LogP contribution in [0, 0.1) is 17.5 Å². The van der Waals surface area contributed by atoms with Gasteiger partial charge in [-0.05, 0) is 79.4 Å². The molecule has 0 radical (unpaired) electrons. The van der Waals surface area contributed by atoms with E-state index in [9.17, 15) is 13.9 Å². The summed E-state index contributed by atoms with van der Waals surface area (Å²) in [6.45, 7) is 3.65. The molecule has 1 fully saturated rings. The van der Waals surface area contributed by atoms with E-state index in [-0.39, 0.29) is 30.1 Å². The lowest BCUT2D eigenvalue weighted by Gasteiger charge is -2.44. The molecule has 36 heavy (non-hydrogen) atoms. The van der Waals surface area contributed by atoms with Crippen molar-refractivity contribution < 1.29 is 22.7 Å². The summed E-state index contributed by atoms with van der Waals surface area (Å²) in [4.78, 5) is 4.00. The molecule has 0 saturated carbocycles. The molecule has 8 heteroatoms. The smallest absolute Gasteiger partial charge is 0.133 e. The first-order valence-corrected chi connectivity index (χ1v) is 12.2. The van der Waals surface area contributed by atoms with Crippen molar-refractivity contribution in [3.8, 4) is 5.75 Å². The summed E-state index contributed by atoms with van der Waals surface area (Å²) in [6.07, 6.45) is 1.04. The number of nitrogens with one attached hydrogen (secondary N) is 1. The van der Waals surface area contributed by atoms with Crippen molar-refractivity contribution in [2.24, 2.45) is 0 Å². The maximum absolute atomic E-state index is 15.7. The van der Waals surface area contributed by atoms with Crippen molar-refractivity contribution >= 4 is 11.4 Å². The van der Waals surface area contributed by atoms with Crippen molar-refractivity contribution in [3.05, 3.63) is 88.7 Å². The van der Waals surface area contributed by atoms with Crippen LogP contribution in [0.5, 0.6) is 5.75 Å². The normalized spacial score (nSPS) is 20.2. The number of likely N-dealkylation sites (tertiary alicyclic amines) is 1. The van der Waals surface area contributed by atoms with E-state index in [2.05, 4.69) is 10.2 Å². The van der Waals surface area contributed by atoms with Gasteiger partial charge in [-0.3, -0.25) is 9.29 Å². The van der Waals surface area contributed by atoms with Gasteiger partial charge in [-0.25, -0.2) is 13.2 Å². The van der Waals surface area contributed by atoms with Crippen LogP contribution in [0.1, 0.15) is 36.1 Å². The molecular formula is C28H29F4N3O. The predicted molar refractivity (Wildman–Crippen MR) is 133 cm³/mol. The van der Waals surface area contributed by atoms with Gasteiger partial charge in [0.25, 0.3) is 0 Å². The van der Waals surface area contributed by atoms with Crippen LogP contribution in [0.4, 0.5) is 28.9 Å². The molecule has 0 bridgehead atoms. The molecule has 2 atom stereocenters. The van der Waals surface area contributed by atoms with E-state index < -0.39 is 23.5 Å². The number of hydrogen-bond donors (Lipinski definition) is 2. The van der Waals surface area contributed by atoms with E-state index >= 15 is 8.78 Å². The second-order valence-electron chi connectivity index (χ2n) is 9.72. The lowest BCUT2D eigenvalue weighted by molar-refractivity contribution is 0.155. The van der Waals surface area contributed by atoms with E-state index in [1.165, 1.54) is 30.3 Å². The summed E-state index contributed by atoms with van der Waals surface area (Å²) in [5.74, 6) is -1.67. The highest BCUT2D eigenvalue weighted by Crippen LogP contribution is 2.44. The Balaban J connectivity index is 1.49. The molecule has 0 aromatic heterocycles. The van der Waals surface area contributed by atoms with Gasteiger partial charge in [0, 0.05) is 37.1 Å². The van der Waals surface area contributed by atoms with Crippen LogP contribution < -0.4 is 10.2 Å². The van der Waals surface area contributed by atoms with Crippen LogP contribution in [0.25, 0.3) is 0 Å². The number of phenols is 1. The Labute approximate surface area is 208 Å². The lowest BCUT2D eigenvalue weighted by atomic mass is 9.84. The van der Waals surface area contributed by atoms with Gasteiger partial charge in [0.1, 0.15) is 23.2 Å². The number of alkyl halides is 1. The third-order valence-electron chi connectivity index (χ3n) is 7.10. The quantitative estimate of drug-likeness (QED) is 0.403. The molecule has 190 valence electrons. The topological polar surface area (TPSA) is 38.7 Å². The Bertz CT molecular complexity index is 1210. The largest absolute Gasteiger partial charge is 0.508 e. The zero-order chi connectivity index (χ0) is 25.4. The highest BCUT2D eigenvalue weighted by molar-refractivity contribution is 5.60. The molecule has 0 aliphatic carbocycles. The molecule has 0 amide bonds. The molecule has 2 aliphatic heterocycles. The van der Waals surface area contributed by atoms with Gasteiger partial charge in [0.15, 0.2) is 0 Å². The third-order valence-corrected chi connectivity index (χ3v) is 7.10. The Hall–Kier alpha value is -3.26. The highest BCUT2D eigenvalue weighted by Gasteiger charge is 2.37. The van der Waals surface area contributed by atoms with Gasteiger partial charge < -0.3 is 15.3 Å². The maximum atomic E-state index is 15.7. The minimum Gasteiger partial charge on any atom is -0.508 e. The maximum Gasteiger partial charge on any atom is 0.133 e. The first-order chi connectivity index (χ1) is 17.3. The van der Waals surface area contributed by atoms with E-state index in [0.29, 0.717) is 49.4 Å². The first kappa shape index (κ1) is 24.4. The monoisotopic (exact) mass is 499 g/mol. The zero-order valence-corrected chi connectivity index (χ0v) is 20.0. The van der Waals surface area contributed by atoms with Gasteiger partial charge in [-0.1, -0.05) is 6.07 Å². The molecule has 2 unspecified atom stereocenters. The number of halogens is 4. The third kappa shape index (κ3) is 4.74. The van der Waals surface area contributed by atoms with Crippen molar-refractivity contribution in [1.29, 1.82) is 0 Å². The molecular weight excluding hydrogens is 470 g/mol. The minimum absolute atomic E-state index is 0.0448. The number of phenolic OH excluding ortho intramolecular Hbond substituents is 1. The average molecular weight is 500 g/mol. The number of aromatic hydroxyl groups is 1. The number of nitrogens with zero attached hydrogens (tertiary/aromatic N) is 2. The highest BCUT2D eigenvalue weighted by atomic mass is 19.1. The summed E-state index contributed by atoms with van der Waals surface area (Å²) in [6, 6.07) is 12.4. The number of fused-ring (bicyclic) bond motifs is 1. The van der Waals surface area contributed by atoms with Gasteiger partial charge in [-0.15, -0.1) is 0 Å². The SMILES string of the molecule is CC1Cc2cc(O)ccc2C(c2c(F)cc(NC3CN(CCCF)C3)cc2F)N1c1ccc(F)cc1. The van der Waals surface area contributed by atoms with E-state index in [1.54, 1.807) is 24.3 Å². The lowest BCUT2D eigenvalue weighted by Crippen LogP contribution is -2.54. The van der Waals surface area contributed by atoms with Crippen LogP contribution >= 0.6 is 0 Å². The van der Waals surface area contributed by atoms with E-state index in [1.807, 2.05) is 11.8 Å². The second kappa shape index (κ2) is 10.0. The zero-order valence-electron chi connectivity index (χ0n) is 20.0. The molecule has 3 aromatic carbocycles. The molecule has 2 aliphatic rings. The Kier molecular flexibility index (Phi) is 6.79. The summed E-state index contributed by atoms with van der Waals surface area (Å²) >= 11 is 0. The molecule has 2 heterocycles. The number of benzene rings is 3. The Morgan fingerprint density at radius 3 is 2.33 bits per heavy atom. The first-order valence-electron chi connectivity index (χ1n) is 12.2. The summed E-state index contributed by atoms with van der Waals surface area (Å²) in [5, 5.41) is 13.2. The average Bonchev–Trinajstić information content (AvgIpc) is 2.80. The van der Waals surface area contributed by atoms with Crippen molar-refractivity contribution in [1.82, 2.24) is 4.90 Å². The molecule has 4 nitrogen and oxygen atoms in total. The number of anilines is 2. The van der Waals surface area contributed by atoms with Crippen molar-refractivity contribution in [3.63, 3.8) is 0 Å². The van der Waals surface area contributed by atoms with Crippen LogP contribution in [-0.2, 0) is 6.42 Å². The predicted octanol–water partition coefficient (Wildman–Crippen LogP) is 5.81. The molecule has 3 aromatic rings. The number of hydrogen-bond acceptors (Lipinski definition) is 4. The fourth-order valence-corrected chi connectivity index (χ4v) is 5.46. The Morgan fingerprint density at radius 1 is 0.972 bits per heavy atom. The summed E-state index contributed by atoms with van der Waals surface area (Å²) < 4.78 is 57.4. The summed E-state index contributed by atoms with van der Waals surface area (Å²) in [5.41, 5.74) is 2.41. The minimum atomic E-state index is -0.802. The van der Waals surface area contributed by atoms with Gasteiger partial charge in [0.2, 0.25) is 0 Å². The van der Waals surface area contributed by atoms with Gasteiger partial charge in [-0.2, -0.15) is 0 Å². The van der Waals surface area contributed by atoms with Crippen LogP contribution in [0.2, 0.25) is 0 Å². The molecule has 5 rings (SSSR count). The summed E-state index contributed by atoms with van der Waals surface area (Å²) in [7, 11) is 0. The van der Waals surface area contributed by atoms with Crippen molar-refractivity contribution in [2.45, 2.75) is 37.9 Å². The van der Waals surface area contributed by atoms with E-state index in [0.717, 1.165) is 5.56 Å². The van der Waals surface area contributed by atoms with Gasteiger partial charge in [0.05, 0.1) is 24.3 Å². The second-order valence-corrected chi connectivity index (χ2v) is 9.72. The fraction of sp³-hybridized carbons (Fsp3) is 0.357. The Morgan fingerprint density at radius 2 is 1.67 bits per heavy atom. The van der Waals surface area contributed by atoms with Crippen LogP contribution in [0.3, 0.4) is 0 Å². The van der Waals surface area contributed by atoms with Crippen molar-refractivity contribution in [2.75, 3.05) is 36.5 Å². The standard InChI is InChI=1S/C28H29F4N3O/c1-17-11-18-12-23(36)7-8-24(18)28(35(17)22-5-3-19(30)4-6-22)27-25(31)13-20(14-26(27)32)33-21-15-34(16-21)10-2-9-29/h3-8,12-14,17,21,28,33,36H,2,9-11,15-16H2,1H3. The number of rotatable bonds is 7. The van der Waals surface area contributed by atoms with E-state index in [4.69, 9.17) is 0 Å².